The van der Waals surface area contributed by atoms with Crippen LogP contribution in [0.5, 0.6) is 0 Å². The second-order valence-corrected chi connectivity index (χ2v) is 5.94. The lowest BCUT2D eigenvalue weighted by Crippen LogP contribution is -2.24. The van der Waals surface area contributed by atoms with Gasteiger partial charge in [0.05, 0.1) is 5.57 Å². The first-order chi connectivity index (χ1) is 7.57. The molecular formula is C14H18O2. The monoisotopic (exact) mass is 218 g/mol. The molecule has 0 N–H and O–H groups in total. The fourth-order valence-electron chi connectivity index (χ4n) is 3.09. The predicted molar refractivity (Wildman–Crippen MR) is 61.9 cm³/mol. The Morgan fingerprint density at radius 2 is 2.19 bits per heavy atom. The maximum atomic E-state index is 12.2. The SMILES string of the molecule is CC1(C)CC(=O)C2=C(C1)OC1CCCC=C21. The number of carbonyl (C=O) groups is 1. The van der Waals surface area contributed by atoms with Gasteiger partial charge < -0.3 is 4.74 Å². The lowest BCUT2D eigenvalue weighted by molar-refractivity contribution is -0.118. The van der Waals surface area contributed by atoms with E-state index in [9.17, 15) is 4.79 Å². The molecule has 0 saturated heterocycles. The number of rotatable bonds is 0. The van der Waals surface area contributed by atoms with E-state index in [4.69, 9.17) is 4.74 Å². The molecule has 2 aliphatic carbocycles. The summed E-state index contributed by atoms with van der Waals surface area (Å²) in [7, 11) is 0. The topological polar surface area (TPSA) is 26.3 Å². The molecule has 3 rings (SSSR count). The zero-order valence-corrected chi connectivity index (χ0v) is 10.0. The van der Waals surface area contributed by atoms with Gasteiger partial charge in [-0.1, -0.05) is 19.9 Å². The largest absolute Gasteiger partial charge is 0.489 e. The Morgan fingerprint density at radius 3 is 3.00 bits per heavy atom. The highest BCUT2D eigenvalue weighted by Gasteiger charge is 2.42. The molecule has 0 fully saturated rings. The quantitative estimate of drug-likeness (QED) is 0.624. The van der Waals surface area contributed by atoms with Gasteiger partial charge in [0.1, 0.15) is 11.9 Å². The van der Waals surface area contributed by atoms with Crippen molar-refractivity contribution in [2.75, 3.05) is 0 Å². The van der Waals surface area contributed by atoms with Crippen LogP contribution in [0, 0.1) is 5.41 Å². The van der Waals surface area contributed by atoms with Crippen LogP contribution in [0.2, 0.25) is 0 Å². The fourth-order valence-corrected chi connectivity index (χ4v) is 3.09. The number of Topliss-reactive ketones (excluding diaryl/α,β-unsaturated/α-hetero) is 1. The van der Waals surface area contributed by atoms with Gasteiger partial charge in [-0.25, -0.2) is 0 Å². The van der Waals surface area contributed by atoms with Gasteiger partial charge >= 0.3 is 0 Å². The van der Waals surface area contributed by atoms with Crippen LogP contribution in [-0.4, -0.2) is 11.9 Å². The van der Waals surface area contributed by atoms with Crippen molar-refractivity contribution in [1.82, 2.24) is 0 Å². The number of allylic oxidation sites excluding steroid dienone is 2. The number of ketones is 1. The summed E-state index contributed by atoms with van der Waals surface area (Å²) in [5.41, 5.74) is 2.20. The van der Waals surface area contributed by atoms with E-state index in [2.05, 4.69) is 19.9 Å². The number of ether oxygens (including phenoxy) is 1. The number of hydrogen-bond donors (Lipinski definition) is 0. The van der Waals surface area contributed by atoms with Crippen molar-refractivity contribution in [3.8, 4) is 0 Å². The van der Waals surface area contributed by atoms with Crippen molar-refractivity contribution >= 4 is 5.78 Å². The highest BCUT2D eigenvalue weighted by Crippen LogP contribution is 2.46. The zero-order valence-electron chi connectivity index (χ0n) is 10.0. The molecule has 0 bridgehead atoms. The van der Waals surface area contributed by atoms with E-state index in [1.807, 2.05) is 0 Å². The zero-order chi connectivity index (χ0) is 11.3. The van der Waals surface area contributed by atoms with E-state index in [-0.39, 0.29) is 11.5 Å². The Kier molecular flexibility index (Phi) is 2.04. The highest BCUT2D eigenvalue weighted by atomic mass is 16.5. The molecule has 0 radical (unpaired) electrons. The molecule has 86 valence electrons. The molecule has 1 atom stereocenters. The minimum Gasteiger partial charge on any atom is -0.489 e. The number of fused-ring (bicyclic) bond motifs is 2. The third-order valence-corrected chi connectivity index (χ3v) is 3.79. The Hall–Kier alpha value is -1.05. The molecule has 16 heavy (non-hydrogen) atoms. The predicted octanol–water partition coefficient (Wildman–Crippen LogP) is 3.14. The van der Waals surface area contributed by atoms with Crippen LogP contribution in [0.15, 0.2) is 23.0 Å². The first-order valence-electron chi connectivity index (χ1n) is 6.20. The summed E-state index contributed by atoms with van der Waals surface area (Å²) in [6.07, 6.45) is 7.35. The van der Waals surface area contributed by atoms with Gasteiger partial charge in [0, 0.05) is 18.4 Å². The molecule has 3 aliphatic rings. The molecule has 2 nitrogen and oxygen atoms in total. The maximum absolute atomic E-state index is 12.2. The van der Waals surface area contributed by atoms with E-state index in [0.29, 0.717) is 12.2 Å². The van der Waals surface area contributed by atoms with E-state index < -0.39 is 0 Å². The van der Waals surface area contributed by atoms with Crippen molar-refractivity contribution in [2.45, 2.75) is 52.1 Å². The molecule has 2 heteroatoms. The van der Waals surface area contributed by atoms with Crippen molar-refractivity contribution in [2.24, 2.45) is 5.41 Å². The molecule has 0 aromatic carbocycles. The Labute approximate surface area is 96.4 Å². The smallest absolute Gasteiger partial charge is 0.167 e. The summed E-state index contributed by atoms with van der Waals surface area (Å²) in [5, 5.41) is 0. The molecule has 1 unspecified atom stereocenters. The van der Waals surface area contributed by atoms with Crippen LogP contribution in [0.3, 0.4) is 0 Å². The lowest BCUT2D eigenvalue weighted by Gasteiger charge is -2.28. The second-order valence-electron chi connectivity index (χ2n) is 5.94. The molecule has 1 heterocycles. The van der Waals surface area contributed by atoms with E-state index >= 15 is 0 Å². The summed E-state index contributed by atoms with van der Waals surface area (Å²) in [6, 6.07) is 0. The maximum Gasteiger partial charge on any atom is 0.167 e. The molecule has 0 saturated carbocycles. The number of carbonyl (C=O) groups excluding carboxylic acids is 1. The van der Waals surface area contributed by atoms with Crippen LogP contribution in [0.4, 0.5) is 0 Å². The van der Waals surface area contributed by atoms with E-state index in [1.165, 1.54) is 12.0 Å². The van der Waals surface area contributed by atoms with Crippen molar-refractivity contribution < 1.29 is 9.53 Å². The molecule has 1 aliphatic heterocycles. The summed E-state index contributed by atoms with van der Waals surface area (Å²) in [5.74, 6) is 1.27. The minimum atomic E-state index is 0.0734. The molecule has 0 aromatic heterocycles. The molecular weight excluding hydrogens is 200 g/mol. The van der Waals surface area contributed by atoms with Crippen molar-refractivity contribution in [3.63, 3.8) is 0 Å². The summed E-state index contributed by atoms with van der Waals surface area (Å²) in [4.78, 5) is 12.2. The molecule has 0 spiro atoms. The highest BCUT2D eigenvalue weighted by molar-refractivity contribution is 6.02. The third kappa shape index (κ3) is 1.43. The Bertz CT molecular complexity index is 412. The summed E-state index contributed by atoms with van der Waals surface area (Å²) in [6.45, 7) is 4.29. The molecule has 0 aromatic rings. The van der Waals surface area contributed by atoms with Crippen LogP contribution in [0.25, 0.3) is 0 Å². The fraction of sp³-hybridized carbons (Fsp3) is 0.643. The average Bonchev–Trinajstić information content (AvgIpc) is 2.52. The normalized spacial score (nSPS) is 31.8. The van der Waals surface area contributed by atoms with Gasteiger partial charge in [-0.15, -0.1) is 0 Å². The van der Waals surface area contributed by atoms with Crippen molar-refractivity contribution in [1.29, 1.82) is 0 Å². The van der Waals surface area contributed by atoms with Crippen LogP contribution in [0.1, 0.15) is 46.0 Å². The van der Waals surface area contributed by atoms with Crippen LogP contribution >= 0.6 is 0 Å². The average molecular weight is 218 g/mol. The van der Waals surface area contributed by atoms with Gasteiger partial charge in [-0.3, -0.25) is 4.79 Å². The van der Waals surface area contributed by atoms with Crippen LogP contribution in [-0.2, 0) is 9.53 Å². The standard InChI is InChI=1S/C14H18O2/c1-14(2)7-10(15)13-9-5-3-4-6-11(9)16-12(13)8-14/h5,11H,3-4,6-8H2,1-2H3. The first-order valence-corrected chi connectivity index (χ1v) is 6.20. The van der Waals surface area contributed by atoms with Gasteiger partial charge in [-0.2, -0.15) is 0 Å². The van der Waals surface area contributed by atoms with E-state index in [1.54, 1.807) is 0 Å². The van der Waals surface area contributed by atoms with Crippen LogP contribution < -0.4 is 0 Å². The lowest BCUT2D eigenvalue weighted by atomic mass is 9.75. The second kappa shape index (κ2) is 3.22. The minimum absolute atomic E-state index is 0.0734. The van der Waals surface area contributed by atoms with Gasteiger partial charge in [0.2, 0.25) is 0 Å². The molecule has 0 amide bonds. The van der Waals surface area contributed by atoms with Gasteiger partial charge in [0.15, 0.2) is 5.78 Å². The third-order valence-electron chi connectivity index (χ3n) is 3.79. The van der Waals surface area contributed by atoms with Gasteiger partial charge in [0.25, 0.3) is 0 Å². The first kappa shape index (κ1) is 10.1. The van der Waals surface area contributed by atoms with Crippen molar-refractivity contribution in [3.05, 3.63) is 23.0 Å². The van der Waals surface area contributed by atoms with E-state index in [0.717, 1.165) is 30.6 Å². The number of hydrogen-bond acceptors (Lipinski definition) is 2. The van der Waals surface area contributed by atoms with Gasteiger partial charge in [-0.05, 0) is 24.7 Å². The Balaban J connectivity index is 2.01. The summed E-state index contributed by atoms with van der Waals surface area (Å²) >= 11 is 0. The Morgan fingerprint density at radius 1 is 1.38 bits per heavy atom. The summed E-state index contributed by atoms with van der Waals surface area (Å²) < 4.78 is 5.97.